The average molecular weight is 268 g/mol. The molecule has 2 aliphatic rings. The van der Waals surface area contributed by atoms with Crippen LogP contribution in [0.15, 0.2) is 0 Å². The molecule has 0 saturated heterocycles. The second kappa shape index (κ2) is 5.80. The molecule has 0 spiro atoms. The van der Waals surface area contributed by atoms with Crippen molar-refractivity contribution in [2.75, 3.05) is 13.6 Å². The number of carboxylic acids is 1. The van der Waals surface area contributed by atoms with Crippen molar-refractivity contribution in [2.45, 2.75) is 57.4 Å². The molecule has 2 aliphatic carbocycles. The van der Waals surface area contributed by atoms with Gasteiger partial charge in [-0.25, -0.2) is 4.79 Å². The van der Waals surface area contributed by atoms with E-state index in [0.717, 1.165) is 12.8 Å². The Morgan fingerprint density at radius 2 is 1.79 bits per heavy atom. The Labute approximate surface area is 114 Å². The third-order valence-corrected chi connectivity index (χ3v) is 4.58. The topological polar surface area (TPSA) is 69.6 Å². The zero-order valence-corrected chi connectivity index (χ0v) is 11.7. The van der Waals surface area contributed by atoms with Crippen LogP contribution in [0.3, 0.4) is 0 Å². The zero-order chi connectivity index (χ0) is 13.9. The molecule has 2 saturated carbocycles. The van der Waals surface area contributed by atoms with Crippen molar-refractivity contribution < 1.29 is 14.7 Å². The number of carbonyl (C=O) groups is 2. The van der Waals surface area contributed by atoms with Crippen LogP contribution in [0.4, 0.5) is 4.79 Å². The molecule has 0 aromatic heterocycles. The van der Waals surface area contributed by atoms with Crippen LogP contribution in [0.2, 0.25) is 0 Å². The van der Waals surface area contributed by atoms with Gasteiger partial charge in [0, 0.05) is 19.6 Å². The maximum atomic E-state index is 12.1. The first-order chi connectivity index (χ1) is 9.05. The molecule has 0 heterocycles. The number of carboxylic acid groups (broad SMARTS) is 1. The third-order valence-electron chi connectivity index (χ3n) is 4.58. The Morgan fingerprint density at radius 3 is 2.26 bits per heavy atom. The van der Waals surface area contributed by atoms with Gasteiger partial charge in [0.25, 0.3) is 0 Å². The van der Waals surface area contributed by atoms with Gasteiger partial charge in [-0.1, -0.05) is 25.7 Å². The molecule has 2 fully saturated rings. The van der Waals surface area contributed by atoms with Crippen molar-refractivity contribution in [1.82, 2.24) is 10.2 Å². The van der Waals surface area contributed by atoms with Crippen LogP contribution in [0.5, 0.6) is 0 Å². The zero-order valence-electron chi connectivity index (χ0n) is 11.7. The van der Waals surface area contributed by atoms with E-state index in [1.165, 1.54) is 25.7 Å². The summed E-state index contributed by atoms with van der Waals surface area (Å²) in [5.74, 6) is -0.787. The summed E-state index contributed by atoms with van der Waals surface area (Å²) in [6.07, 6.45) is 8.36. The molecule has 0 atom stereocenters. The Bertz CT molecular complexity index is 345. The highest BCUT2D eigenvalue weighted by Gasteiger charge is 2.50. The molecular weight excluding hydrogens is 244 g/mol. The molecule has 2 N–H and O–H groups in total. The summed E-state index contributed by atoms with van der Waals surface area (Å²) in [5, 5.41) is 11.9. The van der Waals surface area contributed by atoms with Gasteiger partial charge in [0.15, 0.2) is 0 Å². The van der Waals surface area contributed by atoms with Crippen LogP contribution in [-0.4, -0.2) is 41.6 Å². The fourth-order valence-electron chi connectivity index (χ4n) is 2.80. The van der Waals surface area contributed by atoms with E-state index in [2.05, 4.69) is 5.32 Å². The van der Waals surface area contributed by atoms with Gasteiger partial charge >= 0.3 is 12.0 Å². The normalized spacial score (nSPS) is 22.4. The van der Waals surface area contributed by atoms with E-state index in [0.29, 0.717) is 18.9 Å². The molecule has 5 heteroatoms. The van der Waals surface area contributed by atoms with Crippen LogP contribution < -0.4 is 5.32 Å². The highest BCUT2D eigenvalue weighted by Crippen LogP contribution is 2.45. The molecule has 0 aromatic carbocycles. The first kappa shape index (κ1) is 14.2. The summed E-state index contributed by atoms with van der Waals surface area (Å²) in [5.41, 5.74) is -0.681. The third kappa shape index (κ3) is 3.39. The maximum Gasteiger partial charge on any atom is 0.317 e. The Balaban J connectivity index is 1.80. The fraction of sp³-hybridized carbons (Fsp3) is 0.857. The molecular formula is C14H24N2O3. The Morgan fingerprint density at radius 1 is 1.21 bits per heavy atom. The number of nitrogens with one attached hydrogen (secondary N) is 1. The van der Waals surface area contributed by atoms with E-state index < -0.39 is 11.4 Å². The summed E-state index contributed by atoms with van der Waals surface area (Å²) in [6.45, 7) is 0.262. The minimum atomic E-state index is -0.787. The molecule has 0 bridgehead atoms. The van der Waals surface area contributed by atoms with Gasteiger partial charge in [0.05, 0.1) is 5.41 Å². The lowest BCUT2D eigenvalue weighted by molar-refractivity contribution is -0.143. The van der Waals surface area contributed by atoms with Gasteiger partial charge in [-0.2, -0.15) is 0 Å². The summed E-state index contributed by atoms with van der Waals surface area (Å²) < 4.78 is 0. The van der Waals surface area contributed by atoms with Gasteiger partial charge in [0.2, 0.25) is 0 Å². The quantitative estimate of drug-likeness (QED) is 0.768. The van der Waals surface area contributed by atoms with Crippen molar-refractivity contribution in [2.24, 2.45) is 5.41 Å². The first-order valence-electron chi connectivity index (χ1n) is 7.29. The Kier molecular flexibility index (Phi) is 4.32. The smallest absolute Gasteiger partial charge is 0.317 e. The van der Waals surface area contributed by atoms with Crippen molar-refractivity contribution >= 4 is 12.0 Å². The molecule has 2 amide bonds. The van der Waals surface area contributed by atoms with Gasteiger partial charge < -0.3 is 15.3 Å². The number of hydrogen-bond acceptors (Lipinski definition) is 2. The van der Waals surface area contributed by atoms with Crippen LogP contribution >= 0.6 is 0 Å². The maximum absolute atomic E-state index is 12.1. The number of hydrogen-bond donors (Lipinski definition) is 2. The monoisotopic (exact) mass is 268 g/mol. The molecule has 108 valence electrons. The lowest BCUT2D eigenvalue weighted by Crippen LogP contribution is -2.46. The van der Waals surface area contributed by atoms with Crippen molar-refractivity contribution in [1.29, 1.82) is 0 Å². The van der Waals surface area contributed by atoms with E-state index in [9.17, 15) is 9.59 Å². The van der Waals surface area contributed by atoms with Crippen LogP contribution in [-0.2, 0) is 4.79 Å². The van der Waals surface area contributed by atoms with Crippen LogP contribution in [0.1, 0.15) is 51.4 Å². The lowest BCUT2D eigenvalue weighted by Gasteiger charge is -2.28. The number of urea groups is 1. The molecule has 0 unspecified atom stereocenters. The molecule has 0 radical (unpaired) electrons. The minimum Gasteiger partial charge on any atom is -0.481 e. The lowest BCUT2D eigenvalue weighted by atomic mass is 10.1. The van der Waals surface area contributed by atoms with Crippen LogP contribution in [0.25, 0.3) is 0 Å². The van der Waals surface area contributed by atoms with Gasteiger partial charge in [-0.3, -0.25) is 4.79 Å². The largest absolute Gasteiger partial charge is 0.481 e. The van der Waals surface area contributed by atoms with Gasteiger partial charge in [0.1, 0.15) is 0 Å². The highest BCUT2D eigenvalue weighted by molar-refractivity contribution is 5.80. The van der Waals surface area contributed by atoms with E-state index in [-0.39, 0.29) is 12.6 Å². The van der Waals surface area contributed by atoms with Gasteiger partial charge in [-0.15, -0.1) is 0 Å². The molecule has 0 aliphatic heterocycles. The predicted molar refractivity (Wildman–Crippen MR) is 72.0 cm³/mol. The SMILES string of the molecule is CN(C(=O)NCC1(C(=O)O)CC1)C1CCCCCC1. The number of carbonyl (C=O) groups excluding carboxylic acids is 1. The highest BCUT2D eigenvalue weighted by atomic mass is 16.4. The number of nitrogens with zero attached hydrogens (tertiary/aromatic N) is 1. The minimum absolute atomic E-state index is 0.126. The van der Waals surface area contributed by atoms with Crippen molar-refractivity contribution in [3.8, 4) is 0 Å². The van der Waals surface area contributed by atoms with Crippen LogP contribution in [0, 0.1) is 5.41 Å². The van der Waals surface area contributed by atoms with E-state index >= 15 is 0 Å². The number of aliphatic carboxylic acids is 1. The fourth-order valence-corrected chi connectivity index (χ4v) is 2.80. The van der Waals surface area contributed by atoms with Crippen molar-refractivity contribution in [3.05, 3.63) is 0 Å². The first-order valence-corrected chi connectivity index (χ1v) is 7.29. The number of amides is 2. The summed E-state index contributed by atoms with van der Waals surface area (Å²) in [6, 6.07) is 0.182. The standard InChI is InChI=1S/C14H24N2O3/c1-16(11-6-4-2-3-5-7-11)13(19)15-10-14(8-9-14)12(17)18/h11H,2-10H2,1H3,(H,15,19)(H,17,18). The molecule has 0 aromatic rings. The summed E-state index contributed by atoms with van der Waals surface area (Å²) >= 11 is 0. The average Bonchev–Trinajstić information content (AvgIpc) is 3.19. The second-order valence-electron chi connectivity index (χ2n) is 6.00. The summed E-state index contributed by atoms with van der Waals surface area (Å²) in [7, 11) is 1.83. The van der Waals surface area contributed by atoms with E-state index in [1.54, 1.807) is 4.90 Å². The van der Waals surface area contributed by atoms with E-state index in [4.69, 9.17) is 5.11 Å². The summed E-state index contributed by atoms with van der Waals surface area (Å²) in [4.78, 5) is 24.9. The van der Waals surface area contributed by atoms with E-state index in [1.807, 2.05) is 7.05 Å². The molecule has 2 rings (SSSR count). The second-order valence-corrected chi connectivity index (χ2v) is 6.00. The Hall–Kier alpha value is -1.26. The van der Waals surface area contributed by atoms with Crippen molar-refractivity contribution in [3.63, 3.8) is 0 Å². The van der Waals surface area contributed by atoms with Gasteiger partial charge in [-0.05, 0) is 25.7 Å². The predicted octanol–water partition coefficient (Wildman–Crippen LogP) is 2.22. The number of rotatable bonds is 4. The molecule has 5 nitrogen and oxygen atoms in total. The molecule has 19 heavy (non-hydrogen) atoms.